The Morgan fingerprint density at radius 1 is 1.23 bits per heavy atom. The van der Waals surface area contributed by atoms with E-state index >= 15 is 0 Å². The molecule has 6 nitrogen and oxygen atoms in total. The van der Waals surface area contributed by atoms with Gasteiger partial charge in [0.25, 0.3) is 0 Å². The molecule has 0 saturated carbocycles. The van der Waals surface area contributed by atoms with E-state index in [1.807, 2.05) is 25.1 Å². The summed E-state index contributed by atoms with van der Waals surface area (Å²) in [6, 6.07) is 14.5. The Morgan fingerprint density at radius 2 is 2.08 bits per heavy atom. The van der Waals surface area contributed by atoms with E-state index < -0.39 is 0 Å². The Balaban J connectivity index is 1.30. The Bertz CT molecular complexity index is 896. The monoisotopic (exact) mass is 349 g/mol. The number of rotatable bonds is 5. The SMILES string of the molecule is Cc1nnc2n1C[C@H](NC(=O)CCc1ccc(-c3ccccc3)[nH]1)CC2. The summed E-state index contributed by atoms with van der Waals surface area (Å²) in [5, 5.41) is 11.4. The molecule has 0 spiro atoms. The summed E-state index contributed by atoms with van der Waals surface area (Å²) in [4.78, 5) is 15.7. The molecule has 2 N–H and O–H groups in total. The molecule has 3 aromatic rings. The second-order valence-corrected chi connectivity index (χ2v) is 6.84. The molecule has 4 rings (SSSR count). The third-order valence-corrected chi connectivity index (χ3v) is 4.95. The second kappa shape index (κ2) is 7.15. The lowest BCUT2D eigenvalue weighted by Gasteiger charge is -2.24. The highest BCUT2D eigenvalue weighted by Gasteiger charge is 2.22. The second-order valence-electron chi connectivity index (χ2n) is 6.84. The molecule has 0 unspecified atom stereocenters. The van der Waals surface area contributed by atoms with Crippen LogP contribution in [0.15, 0.2) is 42.5 Å². The predicted octanol–water partition coefficient (Wildman–Crippen LogP) is 2.65. The third kappa shape index (κ3) is 3.54. The van der Waals surface area contributed by atoms with Crippen molar-refractivity contribution in [2.24, 2.45) is 0 Å². The fourth-order valence-electron chi connectivity index (χ4n) is 3.50. The minimum Gasteiger partial charge on any atom is -0.358 e. The summed E-state index contributed by atoms with van der Waals surface area (Å²) >= 11 is 0. The van der Waals surface area contributed by atoms with Crippen LogP contribution in [-0.2, 0) is 24.2 Å². The zero-order valence-electron chi connectivity index (χ0n) is 14.9. The molecule has 0 radical (unpaired) electrons. The van der Waals surface area contributed by atoms with E-state index in [1.54, 1.807) is 0 Å². The topological polar surface area (TPSA) is 75.6 Å². The first kappa shape index (κ1) is 16.6. The van der Waals surface area contributed by atoms with Crippen molar-refractivity contribution in [2.45, 2.75) is 45.2 Å². The summed E-state index contributed by atoms with van der Waals surface area (Å²) in [7, 11) is 0. The predicted molar refractivity (Wildman–Crippen MR) is 99.6 cm³/mol. The normalized spacial score (nSPS) is 16.3. The van der Waals surface area contributed by atoms with Crippen molar-refractivity contribution in [1.29, 1.82) is 0 Å². The van der Waals surface area contributed by atoms with Gasteiger partial charge in [-0.2, -0.15) is 0 Å². The first-order valence-corrected chi connectivity index (χ1v) is 9.10. The molecule has 3 heterocycles. The minimum atomic E-state index is 0.0973. The molecule has 0 bridgehead atoms. The zero-order valence-corrected chi connectivity index (χ0v) is 14.9. The lowest BCUT2D eigenvalue weighted by molar-refractivity contribution is -0.122. The number of carbonyl (C=O) groups is 1. The lowest BCUT2D eigenvalue weighted by Crippen LogP contribution is -2.41. The highest BCUT2D eigenvalue weighted by Crippen LogP contribution is 2.19. The van der Waals surface area contributed by atoms with Crippen LogP contribution in [0.3, 0.4) is 0 Å². The molecule has 134 valence electrons. The summed E-state index contributed by atoms with van der Waals surface area (Å²) in [6.07, 6.45) is 2.98. The maximum absolute atomic E-state index is 12.3. The molecule has 0 saturated heterocycles. The van der Waals surface area contributed by atoms with Gasteiger partial charge in [0.15, 0.2) is 0 Å². The van der Waals surface area contributed by atoms with Crippen LogP contribution in [0.4, 0.5) is 0 Å². The summed E-state index contributed by atoms with van der Waals surface area (Å²) in [5.41, 5.74) is 3.33. The van der Waals surface area contributed by atoms with Gasteiger partial charge in [0.05, 0.1) is 0 Å². The summed E-state index contributed by atoms with van der Waals surface area (Å²) in [5.74, 6) is 2.03. The van der Waals surface area contributed by atoms with E-state index in [9.17, 15) is 4.79 Å². The van der Waals surface area contributed by atoms with Crippen molar-refractivity contribution < 1.29 is 4.79 Å². The highest BCUT2D eigenvalue weighted by atomic mass is 16.1. The van der Waals surface area contributed by atoms with Gasteiger partial charge in [0, 0.05) is 36.8 Å². The van der Waals surface area contributed by atoms with Crippen LogP contribution < -0.4 is 5.32 Å². The molecule has 1 atom stereocenters. The Hall–Kier alpha value is -2.89. The van der Waals surface area contributed by atoms with Crippen molar-refractivity contribution >= 4 is 5.91 Å². The van der Waals surface area contributed by atoms with E-state index in [-0.39, 0.29) is 11.9 Å². The number of aromatic nitrogens is 4. The van der Waals surface area contributed by atoms with Crippen LogP contribution >= 0.6 is 0 Å². The lowest BCUT2D eigenvalue weighted by atomic mass is 10.1. The number of carbonyl (C=O) groups excluding carboxylic acids is 1. The van der Waals surface area contributed by atoms with Crippen LogP contribution in [0.2, 0.25) is 0 Å². The maximum Gasteiger partial charge on any atom is 0.220 e. The quantitative estimate of drug-likeness (QED) is 0.743. The molecule has 6 heteroatoms. The number of hydrogen-bond acceptors (Lipinski definition) is 3. The minimum absolute atomic E-state index is 0.0973. The van der Waals surface area contributed by atoms with E-state index in [2.05, 4.69) is 49.3 Å². The highest BCUT2D eigenvalue weighted by molar-refractivity contribution is 5.76. The maximum atomic E-state index is 12.3. The Morgan fingerprint density at radius 3 is 2.92 bits per heavy atom. The Labute approximate surface area is 152 Å². The summed E-state index contributed by atoms with van der Waals surface area (Å²) < 4.78 is 2.10. The fourth-order valence-corrected chi connectivity index (χ4v) is 3.50. The first-order chi connectivity index (χ1) is 12.7. The standard InChI is InChI=1S/C20H23N5O/c1-14-23-24-19-11-8-17(13-25(14)19)22-20(26)12-9-16-7-10-18(21-16)15-5-3-2-4-6-15/h2-7,10,17,21H,8-9,11-13H2,1H3,(H,22,26)/t17-/m1/s1. The van der Waals surface area contributed by atoms with Gasteiger partial charge in [-0.05, 0) is 37.5 Å². The van der Waals surface area contributed by atoms with Crippen LogP contribution in [0.25, 0.3) is 11.3 Å². The van der Waals surface area contributed by atoms with Gasteiger partial charge in [-0.15, -0.1) is 10.2 Å². The smallest absolute Gasteiger partial charge is 0.220 e. The van der Waals surface area contributed by atoms with Gasteiger partial charge < -0.3 is 14.9 Å². The molecular formula is C20H23N5O. The largest absolute Gasteiger partial charge is 0.358 e. The average molecular weight is 349 g/mol. The number of aryl methyl sites for hydroxylation is 3. The van der Waals surface area contributed by atoms with Gasteiger partial charge in [0.2, 0.25) is 5.91 Å². The molecule has 2 aromatic heterocycles. The zero-order chi connectivity index (χ0) is 17.9. The van der Waals surface area contributed by atoms with Gasteiger partial charge in [-0.25, -0.2) is 0 Å². The molecule has 26 heavy (non-hydrogen) atoms. The van der Waals surface area contributed by atoms with Gasteiger partial charge in [-0.1, -0.05) is 30.3 Å². The van der Waals surface area contributed by atoms with Crippen molar-refractivity contribution in [3.05, 3.63) is 59.8 Å². The van der Waals surface area contributed by atoms with Crippen molar-refractivity contribution in [2.75, 3.05) is 0 Å². The molecular weight excluding hydrogens is 326 g/mol. The van der Waals surface area contributed by atoms with E-state index in [4.69, 9.17) is 0 Å². The van der Waals surface area contributed by atoms with Crippen LogP contribution in [0.1, 0.15) is 30.2 Å². The van der Waals surface area contributed by atoms with Gasteiger partial charge in [-0.3, -0.25) is 4.79 Å². The number of fused-ring (bicyclic) bond motifs is 1. The number of benzene rings is 1. The molecule has 0 aliphatic carbocycles. The molecule has 1 aliphatic rings. The van der Waals surface area contributed by atoms with Crippen molar-refractivity contribution in [1.82, 2.24) is 25.1 Å². The van der Waals surface area contributed by atoms with Crippen LogP contribution in [-0.4, -0.2) is 31.7 Å². The van der Waals surface area contributed by atoms with E-state index in [1.165, 1.54) is 0 Å². The fraction of sp³-hybridized carbons (Fsp3) is 0.350. The number of hydrogen-bond donors (Lipinski definition) is 2. The number of nitrogens with one attached hydrogen (secondary N) is 2. The number of nitrogens with zero attached hydrogens (tertiary/aromatic N) is 3. The molecule has 1 amide bonds. The van der Waals surface area contributed by atoms with E-state index in [0.717, 1.165) is 48.0 Å². The van der Waals surface area contributed by atoms with Crippen molar-refractivity contribution in [3.63, 3.8) is 0 Å². The molecule has 0 fully saturated rings. The first-order valence-electron chi connectivity index (χ1n) is 9.10. The number of aromatic amines is 1. The molecule has 1 aliphatic heterocycles. The van der Waals surface area contributed by atoms with Gasteiger partial charge in [0.1, 0.15) is 11.6 Å². The molecule has 1 aromatic carbocycles. The van der Waals surface area contributed by atoms with Crippen molar-refractivity contribution in [3.8, 4) is 11.3 Å². The number of H-pyrrole nitrogens is 1. The van der Waals surface area contributed by atoms with E-state index in [0.29, 0.717) is 12.8 Å². The number of amides is 1. The Kier molecular flexibility index (Phi) is 4.56. The van der Waals surface area contributed by atoms with Crippen LogP contribution in [0.5, 0.6) is 0 Å². The van der Waals surface area contributed by atoms with Gasteiger partial charge >= 0.3 is 0 Å². The average Bonchev–Trinajstić information content (AvgIpc) is 3.28. The van der Waals surface area contributed by atoms with Crippen LogP contribution in [0, 0.1) is 6.92 Å². The summed E-state index contributed by atoms with van der Waals surface area (Å²) in [6.45, 7) is 2.72. The third-order valence-electron chi connectivity index (χ3n) is 4.95.